The average molecular weight is 311 g/mol. The first kappa shape index (κ1) is 14.2. The molecule has 0 saturated carbocycles. The number of nitrogens with zero attached hydrogens (tertiary/aromatic N) is 1. The lowest BCUT2D eigenvalue weighted by Gasteiger charge is -2.12. The molecule has 1 aromatic heterocycles. The van der Waals surface area contributed by atoms with Gasteiger partial charge in [0.25, 0.3) is 0 Å². The van der Waals surface area contributed by atoms with Crippen LogP contribution in [0, 0.1) is 5.82 Å². The van der Waals surface area contributed by atoms with Crippen LogP contribution >= 0.6 is 22.9 Å². The topological polar surface area (TPSA) is 38.9 Å². The molecule has 19 heavy (non-hydrogen) atoms. The van der Waals surface area contributed by atoms with Gasteiger partial charge in [0.05, 0.1) is 6.04 Å². The largest absolute Gasteiger partial charge is 0.443 e. The normalized spacial score (nSPS) is 13.6. The second kappa shape index (κ2) is 5.07. The van der Waals surface area contributed by atoms with Gasteiger partial charge in [-0.15, -0.1) is 11.3 Å². The Kier molecular flexibility index (Phi) is 3.80. The predicted octanol–water partition coefficient (Wildman–Crippen LogP) is 4.00. The summed E-state index contributed by atoms with van der Waals surface area (Å²) < 4.78 is 50.9. The third-order valence-electron chi connectivity index (χ3n) is 2.38. The maximum atomic E-state index is 13.6. The summed E-state index contributed by atoms with van der Waals surface area (Å²) in [4.78, 5) is 3.34. The summed E-state index contributed by atoms with van der Waals surface area (Å²) >= 11 is 6.19. The lowest BCUT2D eigenvalue weighted by Crippen LogP contribution is -2.12. The second-order valence-corrected chi connectivity index (χ2v) is 5.15. The van der Waals surface area contributed by atoms with Crippen LogP contribution < -0.4 is 5.73 Å². The van der Waals surface area contributed by atoms with Crippen molar-refractivity contribution in [3.05, 3.63) is 50.7 Å². The maximum absolute atomic E-state index is 13.6. The van der Waals surface area contributed by atoms with Gasteiger partial charge < -0.3 is 5.73 Å². The van der Waals surface area contributed by atoms with Crippen molar-refractivity contribution in [2.45, 2.75) is 12.2 Å². The van der Waals surface area contributed by atoms with E-state index in [1.807, 2.05) is 0 Å². The first-order valence-electron chi connectivity index (χ1n) is 5.03. The molecule has 2 aromatic rings. The van der Waals surface area contributed by atoms with Gasteiger partial charge >= 0.3 is 6.18 Å². The number of aromatic nitrogens is 1. The minimum absolute atomic E-state index is 0.0402. The van der Waals surface area contributed by atoms with E-state index in [1.54, 1.807) is 0 Å². The van der Waals surface area contributed by atoms with Crippen molar-refractivity contribution < 1.29 is 17.6 Å². The highest BCUT2D eigenvalue weighted by molar-refractivity contribution is 7.11. The molecule has 2 nitrogen and oxygen atoms in total. The number of halogens is 5. The van der Waals surface area contributed by atoms with Crippen LogP contribution in [-0.4, -0.2) is 4.98 Å². The van der Waals surface area contributed by atoms with Gasteiger partial charge in [0.15, 0.2) is 5.01 Å². The summed E-state index contributed by atoms with van der Waals surface area (Å²) in [5.74, 6) is -0.665. The van der Waals surface area contributed by atoms with Crippen molar-refractivity contribution in [2.75, 3.05) is 0 Å². The molecule has 2 rings (SSSR count). The first-order chi connectivity index (χ1) is 8.80. The van der Waals surface area contributed by atoms with Gasteiger partial charge in [-0.2, -0.15) is 13.2 Å². The van der Waals surface area contributed by atoms with E-state index < -0.39 is 23.0 Å². The molecule has 1 heterocycles. The van der Waals surface area contributed by atoms with Gasteiger partial charge in [-0.25, -0.2) is 9.37 Å². The fourth-order valence-corrected chi connectivity index (χ4v) is 2.59. The number of rotatable bonds is 2. The van der Waals surface area contributed by atoms with Gasteiger partial charge in [0, 0.05) is 21.7 Å². The Balaban J connectivity index is 2.40. The van der Waals surface area contributed by atoms with Crippen LogP contribution in [0.4, 0.5) is 17.6 Å². The number of benzene rings is 1. The highest BCUT2D eigenvalue weighted by Crippen LogP contribution is 2.37. The minimum atomic E-state index is -4.54. The van der Waals surface area contributed by atoms with Crippen molar-refractivity contribution in [1.29, 1.82) is 0 Å². The van der Waals surface area contributed by atoms with E-state index in [4.69, 9.17) is 17.3 Å². The Bertz CT molecular complexity index is 576. The number of nitrogens with two attached hydrogens (primary N) is 1. The zero-order chi connectivity index (χ0) is 14.2. The van der Waals surface area contributed by atoms with Crippen LogP contribution in [0.15, 0.2) is 24.4 Å². The number of alkyl halides is 3. The monoisotopic (exact) mass is 310 g/mol. The van der Waals surface area contributed by atoms with Crippen molar-refractivity contribution in [1.82, 2.24) is 4.98 Å². The molecular weight excluding hydrogens is 304 g/mol. The van der Waals surface area contributed by atoms with Crippen LogP contribution in [0.25, 0.3) is 0 Å². The molecule has 102 valence electrons. The summed E-state index contributed by atoms with van der Waals surface area (Å²) in [6.07, 6.45) is -3.55. The van der Waals surface area contributed by atoms with Gasteiger partial charge in [0.2, 0.25) is 0 Å². The van der Waals surface area contributed by atoms with E-state index in [1.165, 1.54) is 12.1 Å². The number of hydrogen-bond acceptors (Lipinski definition) is 3. The molecule has 0 aliphatic rings. The Morgan fingerprint density at radius 1 is 1.32 bits per heavy atom. The molecule has 0 fully saturated rings. The number of hydrogen-bond donors (Lipinski definition) is 1. The molecule has 2 N–H and O–H groups in total. The highest BCUT2D eigenvalue weighted by atomic mass is 35.5. The molecule has 1 atom stereocenters. The summed E-state index contributed by atoms with van der Waals surface area (Å²) in [5.41, 5.74) is 5.71. The van der Waals surface area contributed by atoms with Gasteiger partial charge in [-0.3, -0.25) is 0 Å². The molecule has 8 heteroatoms. The summed E-state index contributed by atoms with van der Waals surface area (Å²) in [6, 6.07) is 2.88. The smallest absolute Gasteiger partial charge is 0.319 e. The second-order valence-electron chi connectivity index (χ2n) is 3.68. The van der Waals surface area contributed by atoms with Crippen LogP contribution in [-0.2, 0) is 6.18 Å². The van der Waals surface area contributed by atoms with E-state index >= 15 is 0 Å². The zero-order valence-electron chi connectivity index (χ0n) is 9.21. The zero-order valence-corrected chi connectivity index (χ0v) is 10.8. The molecule has 1 unspecified atom stereocenters. The molecule has 0 aliphatic carbocycles. The Morgan fingerprint density at radius 2 is 2.00 bits per heavy atom. The first-order valence-corrected chi connectivity index (χ1v) is 6.22. The minimum Gasteiger partial charge on any atom is -0.319 e. The molecule has 0 aliphatic heterocycles. The van der Waals surface area contributed by atoms with E-state index in [2.05, 4.69) is 4.98 Å². The summed E-state index contributed by atoms with van der Waals surface area (Å²) in [5, 5.41) is -0.958. The molecule has 0 amide bonds. The van der Waals surface area contributed by atoms with E-state index in [9.17, 15) is 17.6 Å². The van der Waals surface area contributed by atoms with E-state index in [0.717, 1.165) is 12.3 Å². The van der Waals surface area contributed by atoms with Crippen molar-refractivity contribution in [3.8, 4) is 0 Å². The summed E-state index contributed by atoms with van der Waals surface area (Å²) in [7, 11) is 0. The Morgan fingerprint density at radius 3 is 2.53 bits per heavy atom. The molecule has 0 spiro atoms. The predicted molar refractivity (Wildman–Crippen MR) is 64.6 cm³/mol. The van der Waals surface area contributed by atoms with Gasteiger partial charge in [-0.05, 0) is 12.1 Å². The number of thiazole rings is 1. The highest BCUT2D eigenvalue weighted by Gasteiger charge is 2.35. The van der Waals surface area contributed by atoms with Crippen LogP contribution in [0.1, 0.15) is 21.5 Å². The van der Waals surface area contributed by atoms with Crippen molar-refractivity contribution in [2.24, 2.45) is 5.73 Å². The quantitative estimate of drug-likeness (QED) is 0.851. The van der Waals surface area contributed by atoms with Crippen LogP contribution in [0.2, 0.25) is 5.02 Å². The average Bonchev–Trinajstić information content (AvgIpc) is 2.77. The molecule has 0 saturated heterocycles. The molecule has 1 aromatic carbocycles. The third kappa shape index (κ3) is 2.88. The Labute approximate surface area is 114 Å². The van der Waals surface area contributed by atoms with Crippen molar-refractivity contribution in [3.63, 3.8) is 0 Å². The fourth-order valence-electron chi connectivity index (χ4n) is 1.51. The molecule has 0 radical (unpaired) electrons. The van der Waals surface area contributed by atoms with E-state index in [0.29, 0.717) is 11.3 Å². The van der Waals surface area contributed by atoms with Crippen LogP contribution in [0.3, 0.4) is 0 Å². The molecule has 0 bridgehead atoms. The van der Waals surface area contributed by atoms with Gasteiger partial charge in [0.1, 0.15) is 5.82 Å². The molecular formula is C11H7ClF4N2S. The van der Waals surface area contributed by atoms with Crippen molar-refractivity contribution >= 4 is 22.9 Å². The van der Waals surface area contributed by atoms with E-state index in [-0.39, 0.29) is 15.5 Å². The SMILES string of the molecule is NC(c1cnc(C(F)(F)F)s1)c1c(F)cccc1Cl. The maximum Gasteiger partial charge on any atom is 0.443 e. The van der Waals surface area contributed by atoms with Crippen LogP contribution in [0.5, 0.6) is 0 Å². The van der Waals surface area contributed by atoms with Gasteiger partial charge in [-0.1, -0.05) is 17.7 Å². The summed E-state index contributed by atoms with van der Waals surface area (Å²) in [6.45, 7) is 0. The Hall–Kier alpha value is -1.18. The standard InChI is InChI=1S/C11H7ClF4N2S/c12-5-2-1-3-6(13)8(5)9(17)7-4-18-10(19-7)11(14,15)16/h1-4,9H,17H2. The third-order valence-corrected chi connectivity index (χ3v) is 3.84. The lowest BCUT2D eigenvalue weighted by molar-refractivity contribution is -0.137. The fraction of sp³-hybridized carbons (Fsp3) is 0.182. The lowest BCUT2D eigenvalue weighted by atomic mass is 10.1.